The topological polar surface area (TPSA) is 151 Å². The average molecular weight is 337 g/mol. The molecule has 0 saturated heterocycles. The van der Waals surface area contributed by atoms with Crippen molar-refractivity contribution in [2.75, 3.05) is 12.6 Å². The van der Waals surface area contributed by atoms with Crippen molar-refractivity contribution < 1.29 is 19.6 Å². The fraction of sp³-hybridized carbons (Fsp3) is 0.143. The molecule has 102 valence electrons. The molecule has 0 heterocycles. The summed E-state index contributed by atoms with van der Waals surface area (Å²) < 4.78 is -0.493. The van der Waals surface area contributed by atoms with Crippen LogP contribution in [-0.4, -0.2) is 21.9 Å². The summed E-state index contributed by atoms with van der Waals surface area (Å²) in [5.41, 5.74) is -1.10. The first kappa shape index (κ1) is 14.7. The second kappa shape index (κ2) is 5.53. The van der Waals surface area contributed by atoms with E-state index < -0.39 is 42.0 Å². The fourth-order valence-electron chi connectivity index (χ4n) is 1.27. The second-order valence-electron chi connectivity index (χ2n) is 3.03. The molecule has 1 aromatic rings. The van der Waals surface area contributed by atoms with Crippen LogP contribution in [0.1, 0.15) is 0 Å². The van der Waals surface area contributed by atoms with Gasteiger partial charge in [-0.2, -0.15) is 0 Å². The number of nitro benzene ring substituents is 3. The molecule has 0 atom stereocenters. The predicted octanol–water partition coefficient (Wildman–Crippen LogP) is 2.15. The van der Waals surface area contributed by atoms with E-state index in [-0.39, 0.29) is 0 Å². The Morgan fingerprint density at radius 1 is 1.11 bits per heavy atom. The van der Waals surface area contributed by atoms with Gasteiger partial charge in [-0.05, 0) is 15.9 Å². The first-order chi connectivity index (χ1) is 8.81. The molecule has 1 rings (SSSR count). The quantitative estimate of drug-likeness (QED) is 0.634. The lowest BCUT2D eigenvalue weighted by atomic mass is 10.2. The van der Waals surface area contributed by atoms with Gasteiger partial charge in [-0.15, -0.1) is 0 Å². The smallest absolute Gasteiger partial charge is 0.279 e. The molecular weight excluding hydrogens is 332 g/mol. The molecule has 12 heteroatoms. The van der Waals surface area contributed by atoms with Crippen molar-refractivity contribution in [1.29, 1.82) is 0 Å². The van der Waals surface area contributed by atoms with Crippen LogP contribution in [0.15, 0.2) is 10.5 Å². The van der Waals surface area contributed by atoms with Gasteiger partial charge in [-0.3, -0.25) is 40.7 Å². The Morgan fingerprint density at radius 2 is 1.63 bits per heavy atom. The molecule has 0 saturated carbocycles. The van der Waals surface area contributed by atoms with Gasteiger partial charge >= 0.3 is 11.4 Å². The molecule has 11 nitrogen and oxygen atoms in total. The standard InChI is InChI=1S/C7H5BrN4O7/c1-19-9-6-4(11(15)16)2-3(10(13)14)5(8)7(6)12(17)18/h2,9H,1H3. The third-order valence-electron chi connectivity index (χ3n) is 1.98. The normalized spacial score (nSPS) is 10.0. The predicted molar refractivity (Wildman–Crippen MR) is 64.7 cm³/mol. The maximum atomic E-state index is 10.9. The van der Waals surface area contributed by atoms with Crippen molar-refractivity contribution in [2.24, 2.45) is 0 Å². The zero-order valence-corrected chi connectivity index (χ0v) is 10.7. The van der Waals surface area contributed by atoms with E-state index in [1.165, 1.54) is 0 Å². The highest BCUT2D eigenvalue weighted by Crippen LogP contribution is 2.45. The Labute approximate surface area is 112 Å². The minimum Gasteiger partial charge on any atom is -0.279 e. The molecule has 1 N–H and O–H groups in total. The summed E-state index contributed by atoms with van der Waals surface area (Å²) in [6.45, 7) is 0. The van der Waals surface area contributed by atoms with Gasteiger partial charge in [0.05, 0.1) is 27.9 Å². The van der Waals surface area contributed by atoms with Crippen LogP contribution in [0, 0.1) is 30.3 Å². The van der Waals surface area contributed by atoms with Gasteiger partial charge in [-0.1, -0.05) is 0 Å². The largest absolute Gasteiger partial charge is 0.322 e. The van der Waals surface area contributed by atoms with Gasteiger partial charge in [0.15, 0.2) is 4.47 Å². The molecule has 0 bridgehead atoms. The zero-order chi connectivity index (χ0) is 14.7. The second-order valence-corrected chi connectivity index (χ2v) is 3.82. The van der Waals surface area contributed by atoms with Crippen LogP contribution in [0.3, 0.4) is 0 Å². The van der Waals surface area contributed by atoms with Crippen LogP contribution in [0.25, 0.3) is 0 Å². The Kier molecular flexibility index (Phi) is 4.29. The van der Waals surface area contributed by atoms with E-state index in [1.54, 1.807) is 0 Å². The van der Waals surface area contributed by atoms with Crippen molar-refractivity contribution in [3.8, 4) is 0 Å². The van der Waals surface area contributed by atoms with Crippen molar-refractivity contribution in [3.05, 3.63) is 40.9 Å². The minimum atomic E-state index is -0.995. The van der Waals surface area contributed by atoms with Crippen molar-refractivity contribution in [3.63, 3.8) is 0 Å². The Hall–Kier alpha value is -2.34. The van der Waals surface area contributed by atoms with E-state index in [1.807, 2.05) is 5.48 Å². The SMILES string of the molecule is CONc1c([N+](=O)[O-])cc([N+](=O)[O-])c(Br)c1[N+](=O)[O-]. The summed E-state index contributed by atoms with van der Waals surface area (Å²) in [5.74, 6) is 0. The molecular formula is C7H5BrN4O7. The van der Waals surface area contributed by atoms with Gasteiger partial charge in [-0.25, -0.2) is 0 Å². The Morgan fingerprint density at radius 3 is 2.00 bits per heavy atom. The molecule has 0 unspecified atom stereocenters. The van der Waals surface area contributed by atoms with Crippen molar-refractivity contribution in [1.82, 2.24) is 0 Å². The van der Waals surface area contributed by atoms with Crippen LogP contribution in [0.5, 0.6) is 0 Å². The zero-order valence-electron chi connectivity index (χ0n) is 9.15. The van der Waals surface area contributed by atoms with Crippen LogP contribution >= 0.6 is 15.9 Å². The Bertz CT molecular complexity index is 575. The summed E-state index contributed by atoms with van der Waals surface area (Å²) in [7, 11) is 1.09. The first-order valence-electron chi connectivity index (χ1n) is 4.39. The third-order valence-corrected chi connectivity index (χ3v) is 2.76. The number of rotatable bonds is 5. The summed E-state index contributed by atoms with van der Waals surface area (Å²) in [6, 6.07) is 0.596. The molecule has 0 aliphatic rings. The fourth-order valence-corrected chi connectivity index (χ4v) is 1.87. The number of benzene rings is 1. The maximum Gasteiger partial charge on any atom is 0.322 e. The van der Waals surface area contributed by atoms with E-state index in [9.17, 15) is 30.3 Å². The lowest BCUT2D eigenvalue weighted by Crippen LogP contribution is -2.06. The number of nitrogens with one attached hydrogen (secondary N) is 1. The highest BCUT2D eigenvalue weighted by atomic mass is 79.9. The number of hydrogen-bond donors (Lipinski definition) is 1. The highest BCUT2D eigenvalue weighted by molar-refractivity contribution is 9.10. The molecule has 0 amide bonds. The molecule has 0 aliphatic heterocycles. The molecule has 0 fully saturated rings. The number of halogens is 1. The molecule has 0 radical (unpaired) electrons. The summed E-state index contributed by atoms with van der Waals surface area (Å²) in [6.07, 6.45) is 0. The van der Waals surface area contributed by atoms with Gasteiger partial charge in [0, 0.05) is 0 Å². The van der Waals surface area contributed by atoms with E-state index >= 15 is 0 Å². The summed E-state index contributed by atoms with van der Waals surface area (Å²) in [4.78, 5) is 33.9. The van der Waals surface area contributed by atoms with Crippen LogP contribution in [0.2, 0.25) is 0 Å². The number of nitro groups is 3. The maximum absolute atomic E-state index is 10.9. The monoisotopic (exact) mass is 336 g/mol. The van der Waals surface area contributed by atoms with Crippen LogP contribution < -0.4 is 5.48 Å². The molecule has 0 aliphatic carbocycles. The van der Waals surface area contributed by atoms with Gasteiger partial charge < -0.3 is 0 Å². The van der Waals surface area contributed by atoms with Crippen LogP contribution in [-0.2, 0) is 4.84 Å². The van der Waals surface area contributed by atoms with Gasteiger partial charge in [0.2, 0.25) is 5.69 Å². The van der Waals surface area contributed by atoms with Crippen molar-refractivity contribution >= 4 is 38.7 Å². The number of hydrogen-bond acceptors (Lipinski definition) is 8. The summed E-state index contributed by atoms with van der Waals surface area (Å²) in [5, 5.41) is 32.4. The molecule has 1 aromatic carbocycles. The van der Waals surface area contributed by atoms with E-state index in [0.717, 1.165) is 7.11 Å². The Balaban J connectivity index is 3.77. The molecule has 19 heavy (non-hydrogen) atoms. The average Bonchev–Trinajstić information content (AvgIpc) is 2.27. The van der Waals surface area contributed by atoms with Crippen LogP contribution in [0.4, 0.5) is 22.7 Å². The van der Waals surface area contributed by atoms with E-state index in [4.69, 9.17) is 0 Å². The third kappa shape index (κ3) is 2.74. The minimum absolute atomic E-state index is 0.493. The highest BCUT2D eigenvalue weighted by Gasteiger charge is 2.35. The number of anilines is 1. The molecule has 0 spiro atoms. The van der Waals surface area contributed by atoms with Gasteiger partial charge in [0.1, 0.15) is 0 Å². The van der Waals surface area contributed by atoms with E-state index in [2.05, 4.69) is 20.8 Å². The van der Waals surface area contributed by atoms with Crippen molar-refractivity contribution in [2.45, 2.75) is 0 Å². The lowest BCUT2D eigenvalue weighted by molar-refractivity contribution is -0.403. The van der Waals surface area contributed by atoms with Gasteiger partial charge in [0.25, 0.3) is 5.69 Å². The molecule has 0 aromatic heterocycles. The van der Waals surface area contributed by atoms with E-state index in [0.29, 0.717) is 6.07 Å². The number of nitrogens with zero attached hydrogens (tertiary/aromatic N) is 3. The summed E-state index contributed by atoms with van der Waals surface area (Å²) >= 11 is 2.69. The first-order valence-corrected chi connectivity index (χ1v) is 5.19. The lowest BCUT2D eigenvalue weighted by Gasteiger charge is -2.06.